The number of halogens is 1. The number of carbonyl (C=O) groups is 1. The summed E-state index contributed by atoms with van der Waals surface area (Å²) in [4.78, 5) is 13.0. The predicted octanol–water partition coefficient (Wildman–Crippen LogP) is 4.33. The Hall–Kier alpha value is -2.80. The summed E-state index contributed by atoms with van der Waals surface area (Å²) in [5.74, 6) is -0.138. The Morgan fingerprint density at radius 1 is 1.21 bits per heavy atom. The third kappa shape index (κ3) is 3.38. The molecule has 4 rings (SSSR count). The summed E-state index contributed by atoms with van der Waals surface area (Å²) < 4.78 is 10.1. The highest BCUT2D eigenvalue weighted by molar-refractivity contribution is 9.10. The van der Waals surface area contributed by atoms with Crippen molar-refractivity contribution < 1.29 is 9.21 Å². The van der Waals surface area contributed by atoms with Crippen LogP contribution < -0.4 is 5.32 Å². The zero-order valence-corrected chi connectivity index (χ0v) is 17.6. The molecule has 0 bridgehead atoms. The van der Waals surface area contributed by atoms with Crippen molar-refractivity contribution >= 4 is 32.9 Å². The lowest BCUT2D eigenvalue weighted by atomic mass is 10.2. The highest BCUT2D eigenvalue weighted by Crippen LogP contribution is 2.28. The van der Waals surface area contributed by atoms with E-state index in [1.54, 1.807) is 6.07 Å². The number of benzene rings is 1. The molecule has 4 aromatic rings. The average Bonchev–Trinajstić information content (AvgIpc) is 3.26. The minimum absolute atomic E-state index is 0.138. The largest absolute Gasteiger partial charge is 0.448 e. The van der Waals surface area contributed by atoms with Gasteiger partial charge in [-0.3, -0.25) is 9.48 Å². The van der Waals surface area contributed by atoms with E-state index >= 15 is 0 Å². The SMILES string of the molecule is Cc1nn(C)c(C)c1CNC(=O)c1cc2oc(Br)cc2n1Cc1ccccc1. The first-order chi connectivity index (χ1) is 13.4. The molecule has 7 heteroatoms. The van der Waals surface area contributed by atoms with Gasteiger partial charge < -0.3 is 14.3 Å². The van der Waals surface area contributed by atoms with E-state index in [0.29, 0.717) is 29.0 Å². The second kappa shape index (κ2) is 7.31. The number of amides is 1. The van der Waals surface area contributed by atoms with Gasteiger partial charge in [0, 0.05) is 43.5 Å². The highest BCUT2D eigenvalue weighted by Gasteiger charge is 2.20. The van der Waals surface area contributed by atoms with Gasteiger partial charge in [-0.2, -0.15) is 5.10 Å². The second-order valence-corrected chi connectivity index (χ2v) is 7.64. The number of rotatable bonds is 5. The minimum atomic E-state index is -0.138. The average molecular weight is 441 g/mol. The van der Waals surface area contributed by atoms with Crippen molar-refractivity contribution in [1.29, 1.82) is 0 Å². The molecule has 0 aliphatic heterocycles. The summed E-state index contributed by atoms with van der Waals surface area (Å²) in [6, 6.07) is 13.8. The first kappa shape index (κ1) is 18.6. The molecule has 0 unspecified atom stereocenters. The third-order valence-electron chi connectivity index (χ3n) is 5.06. The molecule has 1 N–H and O–H groups in total. The molecule has 0 saturated heterocycles. The van der Waals surface area contributed by atoms with Crippen LogP contribution in [0.2, 0.25) is 0 Å². The fourth-order valence-electron chi connectivity index (χ4n) is 3.47. The smallest absolute Gasteiger partial charge is 0.268 e. The minimum Gasteiger partial charge on any atom is -0.448 e. The quantitative estimate of drug-likeness (QED) is 0.502. The lowest BCUT2D eigenvalue weighted by Gasteiger charge is -2.11. The van der Waals surface area contributed by atoms with Gasteiger partial charge in [-0.25, -0.2) is 0 Å². The molecular weight excluding hydrogens is 420 g/mol. The van der Waals surface area contributed by atoms with Crippen molar-refractivity contribution in [2.75, 3.05) is 0 Å². The molecule has 1 aromatic carbocycles. The van der Waals surface area contributed by atoms with E-state index in [2.05, 4.69) is 26.3 Å². The molecule has 0 saturated carbocycles. The van der Waals surface area contributed by atoms with Gasteiger partial charge in [0.1, 0.15) is 5.69 Å². The van der Waals surface area contributed by atoms with Crippen LogP contribution in [0.1, 0.15) is 33.0 Å². The number of carbonyl (C=O) groups excluding carboxylic acids is 1. The number of nitrogens with one attached hydrogen (secondary N) is 1. The van der Waals surface area contributed by atoms with E-state index in [-0.39, 0.29) is 5.91 Å². The Morgan fingerprint density at radius 3 is 2.64 bits per heavy atom. The number of aromatic nitrogens is 3. The van der Waals surface area contributed by atoms with Crippen molar-refractivity contribution in [2.45, 2.75) is 26.9 Å². The first-order valence-corrected chi connectivity index (χ1v) is 9.83. The van der Waals surface area contributed by atoms with Crippen molar-refractivity contribution in [3.63, 3.8) is 0 Å². The summed E-state index contributed by atoms with van der Waals surface area (Å²) in [5, 5.41) is 7.45. The Kier molecular flexibility index (Phi) is 4.85. The van der Waals surface area contributed by atoms with Gasteiger partial charge in [-0.05, 0) is 35.3 Å². The van der Waals surface area contributed by atoms with Gasteiger partial charge in [0.05, 0.1) is 11.2 Å². The summed E-state index contributed by atoms with van der Waals surface area (Å²) >= 11 is 3.37. The standard InChI is InChI=1S/C21H21BrN4O2/c1-13-16(14(2)25(3)24-13)11-23-21(27)18-9-19-17(10-20(22)28-19)26(18)12-15-7-5-4-6-8-15/h4-10H,11-12H2,1-3H3,(H,23,27). The first-order valence-electron chi connectivity index (χ1n) is 9.04. The van der Waals surface area contributed by atoms with Crippen LogP contribution in [0.4, 0.5) is 0 Å². The molecule has 28 heavy (non-hydrogen) atoms. The van der Waals surface area contributed by atoms with E-state index < -0.39 is 0 Å². The molecule has 0 fully saturated rings. The molecule has 0 aliphatic carbocycles. The van der Waals surface area contributed by atoms with E-state index in [9.17, 15) is 4.79 Å². The maximum absolute atomic E-state index is 13.0. The Balaban J connectivity index is 1.64. The maximum atomic E-state index is 13.0. The maximum Gasteiger partial charge on any atom is 0.268 e. The summed E-state index contributed by atoms with van der Waals surface area (Å²) in [7, 11) is 1.91. The molecule has 0 spiro atoms. The molecule has 6 nitrogen and oxygen atoms in total. The van der Waals surface area contributed by atoms with Crippen LogP contribution in [0.5, 0.6) is 0 Å². The molecule has 1 amide bonds. The predicted molar refractivity (Wildman–Crippen MR) is 111 cm³/mol. The zero-order valence-electron chi connectivity index (χ0n) is 16.0. The van der Waals surface area contributed by atoms with Crippen LogP contribution in [-0.2, 0) is 20.1 Å². The van der Waals surface area contributed by atoms with Crippen LogP contribution in [0.25, 0.3) is 11.1 Å². The second-order valence-electron chi connectivity index (χ2n) is 6.86. The third-order valence-corrected chi connectivity index (χ3v) is 5.45. The van der Waals surface area contributed by atoms with Crippen LogP contribution in [0, 0.1) is 13.8 Å². The fourth-order valence-corrected chi connectivity index (χ4v) is 3.86. The van der Waals surface area contributed by atoms with E-state index in [1.165, 1.54) is 0 Å². The number of fused-ring (bicyclic) bond motifs is 1. The normalized spacial score (nSPS) is 11.3. The Labute approximate surface area is 171 Å². The lowest BCUT2D eigenvalue weighted by Crippen LogP contribution is -2.26. The summed E-state index contributed by atoms with van der Waals surface area (Å²) in [6.07, 6.45) is 0. The molecule has 144 valence electrons. The van der Waals surface area contributed by atoms with Crippen molar-refractivity contribution in [2.24, 2.45) is 7.05 Å². The molecule has 3 aromatic heterocycles. The van der Waals surface area contributed by atoms with Gasteiger partial charge in [-0.1, -0.05) is 30.3 Å². The summed E-state index contributed by atoms with van der Waals surface area (Å²) in [6.45, 7) is 4.98. The molecule has 3 heterocycles. The van der Waals surface area contributed by atoms with Gasteiger partial charge >= 0.3 is 0 Å². The summed E-state index contributed by atoms with van der Waals surface area (Å²) in [5.41, 5.74) is 6.28. The van der Waals surface area contributed by atoms with Crippen molar-refractivity contribution in [1.82, 2.24) is 19.7 Å². The number of nitrogens with zero attached hydrogens (tertiary/aromatic N) is 3. The van der Waals surface area contributed by atoms with E-state index in [4.69, 9.17) is 4.42 Å². The molecule has 0 aliphatic rings. The lowest BCUT2D eigenvalue weighted by molar-refractivity contribution is 0.0942. The number of hydrogen-bond donors (Lipinski definition) is 1. The highest BCUT2D eigenvalue weighted by atomic mass is 79.9. The molecular formula is C21H21BrN4O2. The van der Waals surface area contributed by atoms with E-state index in [0.717, 1.165) is 28.0 Å². The van der Waals surface area contributed by atoms with Gasteiger partial charge in [-0.15, -0.1) is 0 Å². The Morgan fingerprint density at radius 2 is 1.96 bits per heavy atom. The number of furan rings is 1. The number of aryl methyl sites for hydroxylation is 2. The van der Waals surface area contributed by atoms with E-state index in [1.807, 2.05) is 66.5 Å². The fraction of sp³-hybridized carbons (Fsp3) is 0.238. The van der Waals surface area contributed by atoms with Crippen LogP contribution >= 0.6 is 15.9 Å². The molecule has 0 atom stereocenters. The van der Waals surface area contributed by atoms with Crippen LogP contribution in [0.15, 0.2) is 51.6 Å². The van der Waals surface area contributed by atoms with Gasteiger partial charge in [0.15, 0.2) is 10.3 Å². The molecule has 0 radical (unpaired) electrons. The topological polar surface area (TPSA) is 65.0 Å². The number of hydrogen-bond acceptors (Lipinski definition) is 3. The monoisotopic (exact) mass is 440 g/mol. The zero-order chi connectivity index (χ0) is 19.8. The van der Waals surface area contributed by atoms with Gasteiger partial charge in [0.25, 0.3) is 5.91 Å². The van der Waals surface area contributed by atoms with Gasteiger partial charge in [0.2, 0.25) is 0 Å². The van der Waals surface area contributed by atoms with Crippen LogP contribution in [0.3, 0.4) is 0 Å². The van der Waals surface area contributed by atoms with Crippen LogP contribution in [-0.4, -0.2) is 20.3 Å². The van der Waals surface area contributed by atoms with Crippen molar-refractivity contribution in [3.05, 3.63) is 75.3 Å². The Bertz CT molecular complexity index is 1150. The van der Waals surface area contributed by atoms with Crippen molar-refractivity contribution in [3.8, 4) is 0 Å².